The van der Waals surface area contributed by atoms with Gasteiger partial charge in [-0.1, -0.05) is 18.2 Å². The van der Waals surface area contributed by atoms with E-state index >= 15 is 0 Å². The summed E-state index contributed by atoms with van der Waals surface area (Å²) in [4.78, 5) is 40.0. The second-order valence-corrected chi connectivity index (χ2v) is 6.20. The van der Waals surface area contributed by atoms with Gasteiger partial charge in [0.2, 0.25) is 0 Å². The van der Waals surface area contributed by atoms with Crippen molar-refractivity contribution >= 4 is 35.3 Å². The number of anilines is 2. The first-order valence-corrected chi connectivity index (χ1v) is 8.96. The molecule has 2 aromatic carbocycles. The predicted octanol–water partition coefficient (Wildman–Crippen LogP) is 3.34. The lowest BCUT2D eigenvalue weighted by Gasteiger charge is -2.26. The average molecular weight is 381 g/mol. The van der Waals surface area contributed by atoms with Gasteiger partial charge in [-0.05, 0) is 55.8 Å². The highest BCUT2D eigenvalue weighted by atomic mass is 19.1. The summed E-state index contributed by atoms with van der Waals surface area (Å²) in [7, 11) is 0. The van der Waals surface area contributed by atoms with Crippen LogP contribution >= 0.6 is 0 Å². The van der Waals surface area contributed by atoms with Crippen LogP contribution in [0.25, 0.3) is 6.08 Å². The molecule has 0 radical (unpaired) electrons. The molecule has 0 unspecified atom stereocenters. The van der Waals surface area contributed by atoms with E-state index in [1.165, 1.54) is 24.3 Å². The van der Waals surface area contributed by atoms with Crippen molar-refractivity contribution in [2.75, 3.05) is 22.9 Å². The normalized spacial score (nSPS) is 15.8. The van der Waals surface area contributed by atoms with Crippen molar-refractivity contribution in [3.8, 4) is 0 Å². The minimum atomic E-state index is -0.908. The van der Waals surface area contributed by atoms with Crippen LogP contribution in [0.3, 0.4) is 0 Å². The molecule has 0 saturated carbocycles. The molecule has 0 bridgehead atoms. The molecule has 2 aromatic rings. The van der Waals surface area contributed by atoms with Crippen LogP contribution in [0.4, 0.5) is 20.6 Å². The predicted molar refractivity (Wildman–Crippen MR) is 105 cm³/mol. The molecule has 1 saturated heterocycles. The summed E-state index contributed by atoms with van der Waals surface area (Å²) in [6, 6.07) is 11.6. The van der Waals surface area contributed by atoms with Gasteiger partial charge < -0.3 is 4.90 Å². The molecule has 0 aromatic heterocycles. The average Bonchev–Trinajstić information content (AvgIpc) is 2.67. The molecule has 4 amide bonds. The SMILES string of the molecule is CCN(CC)c1ccc(/C=C2\C(=O)NC(=O)N(c3cccc(F)c3)C2=O)cc1. The van der Waals surface area contributed by atoms with Crippen LogP contribution < -0.4 is 15.1 Å². The van der Waals surface area contributed by atoms with Crippen LogP contribution in [0, 0.1) is 5.82 Å². The Morgan fingerprint density at radius 2 is 1.71 bits per heavy atom. The summed E-state index contributed by atoms with van der Waals surface area (Å²) in [5.41, 5.74) is 1.53. The summed E-state index contributed by atoms with van der Waals surface area (Å²) in [6.07, 6.45) is 1.42. The minimum Gasteiger partial charge on any atom is -0.372 e. The van der Waals surface area contributed by atoms with Crippen molar-refractivity contribution in [2.45, 2.75) is 13.8 Å². The van der Waals surface area contributed by atoms with E-state index in [1.807, 2.05) is 12.1 Å². The number of rotatable bonds is 5. The monoisotopic (exact) mass is 381 g/mol. The number of carbonyl (C=O) groups excluding carboxylic acids is 3. The third-order valence-corrected chi connectivity index (χ3v) is 4.50. The van der Waals surface area contributed by atoms with Crippen LogP contribution in [0.1, 0.15) is 19.4 Å². The summed E-state index contributed by atoms with van der Waals surface area (Å²) in [5, 5.41) is 2.12. The lowest BCUT2D eigenvalue weighted by Crippen LogP contribution is -2.54. The first-order valence-electron chi connectivity index (χ1n) is 8.96. The van der Waals surface area contributed by atoms with Gasteiger partial charge in [-0.3, -0.25) is 14.9 Å². The second-order valence-electron chi connectivity index (χ2n) is 6.20. The van der Waals surface area contributed by atoms with Gasteiger partial charge in [0.05, 0.1) is 5.69 Å². The molecule has 3 rings (SSSR count). The molecule has 0 atom stereocenters. The zero-order chi connectivity index (χ0) is 20.3. The smallest absolute Gasteiger partial charge is 0.335 e. The third-order valence-electron chi connectivity index (χ3n) is 4.50. The quantitative estimate of drug-likeness (QED) is 0.637. The van der Waals surface area contributed by atoms with E-state index in [9.17, 15) is 18.8 Å². The maximum atomic E-state index is 13.5. The van der Waals surface area contributed by atoms with Crippen molar-refractivity contribution in [2.24, 2.45) is 0 Å². The number of halogens is 1. The van der Waals surface area contributed by atoms with E-state index in [2.05, 4.69) is 24.1 Å². The van der Waals surface area contributed by atoms with Crippen LogP contribution in [0.15, 0.2) is 54.1 Å². The maximum absolute atomic E-state index is 13.5. The van der Waals surface area contributed by atoms with Crippen LogP contribution in [-0.4, -0.2) is 30.9 Å². The highest BCUT2D eigenvalue weighted by Gasteiger charge is 2.36. The number of amides is 4. The fourth-order valence-electron chi connectivity index (χ4n) is 3.04. The first kappa shape index (κ1) is 19.3. The van der Waals surface area contributed by atoms with Gasteiger partial charge in [0.1, 0.15) is 11.4 Å². The van der Waals surface area contributed by atoms with Crippen molar-refractivity contribution in [1.82, 2.24) is 5.32 Å². The van der Waals surface area contributed by atoms with Crippen molar-refractivity contribution in [3.63, 3.8) is 0 Å². The van der Waals surface area contributed by atoms with Gasteiger partial charge in [-0.25, -0.2) is 14.1 Å². The number of nitrogens with one attached hydrogen (secondary N) is 1. The third kappa shape index (κ3) is 3.78. The Morgan fingerprint density at radius 1 is 1.04 bits per heavy atom. The molecule has 144 valence electrons. The molecule has 0 aliphatic carbocycles. The molecule has 1 aliphatic heterocycles. The van der Waals surface area contributed by atoms with Crippen LogP contribution in [0.2, 0.25) is 0 Å². The fourth-order valence-corrected chi connectivity index (χ4v) is 3.04. The van der Waals surface area contributed by atoms with Gasteiger partial charge in [-0.2, -0.15) is 0 Å². The standard InChI is InChI=1S/C21H20FN3O3/c1-3-24(4-2)16-10-8-14(9-11-16)12-18-19(26)23-21(28)25(20(18)27)17-7-5-6-15(22)13-17/h5-13H,3-4H2,1-2H3,(H,23,26,28)/b18-12+. The van der Waals surface area contributed by atoms with E-state index in [0.717, 1.165) is 29.7 Å². The summed E-state index contributed by atoms with van der Waals surface area (Å²) >= 11 is 0. The Hall–Kier alpha value is -3.48. The Bertz CT molecular complexity index is 950. The highest BCUT2D eigenvalue weighted by Crippen LogP contribution is 2.23. The zero-order valence-electron chi connectivity index (χ0n) is 15.6. The lowest BCUT2D eigenvalue weighted by atomic mass is 10.1. The second kappa shape index (κ2) is 8.04. The van der Waals surface area contributed by atoms with E-state index in [-0.39, 0.29) is 11.3 Å². The Morgan fingerprint density at radius 3 is 2.32 bits per heavy atom. The molecule has 1 aliphatic rings. The van der Waals surface area contributed by atoms with Gasteiger partial charge in [0.25, 0.3) is 11.8 Å². The van der Waals surface area contributed by atoms with E-state index in [0.29, 0.717) is 5.56 Å². The Labute approximate surface area is 162 Å². The fraction of sp³-hybridized carbons (Fsp3) is 0.190. The number of barbiturate groups is 1. The van der Waals surface area contributed by atoms with Gasteiger partial charge in [0.15, 0.2) is 0 Å². The number of urea groups is 1. The lowest BCUT2D eigenvalue weighted by molar-refractivity contribution is -0.122. The van der Waals surface area contributed by atoms with Crippen LogP contribution in [0.5, 0.6) is 0 Å². The first-order chi connectivity index (χ1) is 13.4. The van der Waals surface area contributed by atoms with E-state index < -0.39 is 23.7 Å². The Balaban J connectivity index is 1.93. The zero-order valence-corrected chi connectivity index (χ0v) is 15.6. The van der Waals surface area contributed by atoms with E-state index in [1.54, 1.807) is 12.1 Å². The highest BCUT2D eigenvalue weighted by molar-refractivity contribution is 6.39. The summed E-state index contributed by atoms with van der Waals surface area (Å²) in [5.74, 6) is -2.17. The molecule has 28 heavy (non-hydrogen) atoms. The molecular formula is C21H20FN3O3. The van der Waals surface area contributed by atoms with E-state index in [4.69, 9.17) is 0 Å². The Kier molecular flexibility index (Phi) is 5.54. The molecular weight excluding hydrogens is 361 g/mol. The molecule has 1 fully saturated rings. The maximum Gasteiger partial charge on any atom is 0.335 e. The largest absolute Gasteiger partial charge is 0.372 e. The van der Waals surface area contributed by atoms with Gasteiger partial charge >= 0.3 is 6.03 Å². The number of hydrogen-bond donors (Lipinski definition) is 1. The minimum absolute atomic E-state index is 0.0535. The molecule has 6 nitrogen and oxygen atoms in total. The van der Waals surface area contributed by atoms with Crippen molar-refractivity contribution in [3.05, 3.63) is 65.5 Å². The molecule has 0 spiro atoms. The number of benzene rings is 2. The molecule has 1 N–H and O–H groups in total. The van der Waals surface area contributed by atoms with Crippen molar-refractivity contribution < 1.29 is 18.8 Å². The van der Waals surface area contributed by atoms with Crippen LogP contribution in [-0.2, 0) is 9.59 Å². The summed E-state index contributed by atoms with van der Waals surface area (Å²) < 4.78 is 13.5. The topological polar surface area (TPSA) is 69.7 Å². The molecule has 1 heterocycles. The number of carbonyl (C=O) groups is 3. The van der Waals surface area contributed by atoms with Gasteiger partial charge in [-0.15, -0.1) is 0 Å². The molecule has 7 heteroatoms. The summed E-state index contributed by atoms with van der Waals surface area (Å²) in [6.45, 7) is 5.84. The van der Waals surface area contributed by atoms with Crippen molar-refractivity contribution in [1.29, 1.82) is 0 Å². The number of hydrogen-bond acceptors (Lipinski definition) is 4. The number of nitrogens with zero attached hydrogens (tertiary/aromatic N) is 2. The van der Waals surface area contributed by atoms with Gasteiger partial charge in [0, 0.05) is 18.8 Å². The number of imide groups is 2.